The summed E-state index contributed by atoms with van der Waals surface area (Å²) in [6.07, 6.45) is 0.0736. The normalized spacial score (nSPS) is 17.6. The summed E-state index contributed by atoms with van der Waals surface area (Å²) in [4.78, 5) is 24.3. The van der Waals surface area contributed by atoms with Crippen molar-refractivity contribution in [2.24, 2.45) is 0 Å². The number of hydrogen-bond acceptors (Lipinski definition) is 2. The van der Waals surface area contributed by atoms with E-state index in [2.05, 4.69) is 10.6 Å². The van der Waals surface area contributed by atoms with Gasteiger partial charge in [0.2, 0.25) is 11.8 Å². The second-order valence-corrected chi connectivity index (χ2v) is 6.09. The smallest absolute Gasteiger partial charge is 0.228 e. The van der Waals surface area contributed by atoms with Crippen molar-refractivity contribution in [3.8, 4) is 0 Å². The van der Waals surface area contributed by atoms with Gasteiger partial charge >= 0.3 is 0 Å². The summed E-state index contributed by atoms with van der Waals surface area (Å²) in [5.41, 5.74) is 2.17. The van der Waals surface area contributed by atoms with Crippen LogP contribution in [0.3, 0.4) is 0 Å². The molecule has 2 aromatic carbocycles. The lowest BCUT2D eigenvalue weighted by molar-refractivity contribution is -0.126. The van der Waals surface area contributed by atoms with Gasteiger partial charge in [0, 0.05) is 18.7 Å². The standard InChI is InChI=1S/C19H19FN2O2/c1-12(13-5-3-2-4-6-13)11-21-19(24)16-10-18(23)22-17-9-14(20)7-8-15(16)17/h2-9,12,16H,10-11H2,1H3,(H,21,24)(H,22,23)/t12-,16-/m1/s1. The van der Waals surface area contributed by atoms with Gasteiger partial charge in [-0.15, -0.1) is 0 Å². The highest BCUT2D eigenvalue weighted by molar-refractivity contribution is 6.01. The Morgan fingerprint density at radius 2 is 2.04 bits per heavy atom. The molecule has 1 aliphatic rings. The van der Waals surface area contributed by atoms with E-state index in [4.69, 9.17) is 0 Å². The third-order valence-electron chi connectivity index (χ3n) is 4.32. The van der Waals surface area contributed by atoms with Crippen molar-refractivity contribution in [1.82, 2.24) is 5.32 Å². The fraction of sp³-hybridized carbons (Fsp3) is 0.263. The Morgan fingerprint density at radius 3 is 2.79 bits per heavy atom. The Balaban J connectivity index is 1.70. The Bertz CT molecular complexity index is 761. The molecule has 2 N–H and O–H groups in total. The molecule has 1 heterocycles. The molecular weight excluding hydrogens is 307 g/mol. The van der Waals surface area contributed by atoms with Crippen LogP contribution in [0.1, 0.15) is 36.3 Å². The lowest BCUT2D eigenvalue weighted by atomic mass is 9.89. The molecule has 0 aromatic heterocycles. The second-order valence-electron chi connectivity index (χ2n) is 6.09. The van der Waals surface area contributed by atoms with Crippen molar-refractivity contribution in [3.05, 3.63) is 65.5 Å². The molecule has 5 heteroatoms. The van der Waals surface area contributed by atoms with Gasteiger partial charge in [0.25, 0.3) is 0 Å². The van der Waals surface area contributed by atoms with Crippen molar-refractivity contribution in [1.29, 1.82) is 0 Å². The van der Waals surface area contributed by atoms with E-state index >= 15 is 0 Å². The number of benzene rings is 2. The average molecular weight is 326 g/mol. The fourth-order valence-electron chi connectivity index (χ4n) is 2.95. The zero-order valence-electron chi connectivity index (χ0n) is 13.4. The topological polar surface area (TPSA) is 58.2 Å². The molecule has 4 nitrogen and oxygen atoms in total. The molecule has 2 amide bonds. The van der Waals surface area contributed by atoms with Gasteiger partial charge in [0.1, 0.15) is 5.82 Å². The number of halogens is 1. The van der Waals surface area contributed by atoms with Crippen LogP contribution in [-0.4, -0.2) is 18.4 Å². The van der Waals surface area contributed by atoms with Crippen LogP contribution in [0.2, 0.25) is 0 Å². The molecule has 24 heavy (non-hydrogen) atoms. The maximum atomic E-state index is 13.3. The molecule has 2 aromatic rings. The summed E-state index contributed by atoms with van der Waals surface area (Å²) < 4.78 is 13.3. The van der Waals surface area contributed by atoms with E-state index in [-0.39, 0.29) is 24.2 Å². The van der Waals surface area contributed by atoms with Gasteiger partial charge in [0.15, 0.2) is 0 Å². The average Bonchev–Trinajstić information content (AvgIpc) is 2.59. The SMILES string of the molecule is C[C@H](CNC(=O)[C@@H]1CC(=O)Nc2cc(F)ccc21)c1ccccc1. The minimum Gasteiger partial charge on any atom is -0.355 e. The fourth-order valence-corrected chi connectivity index (χ4v) is 2.95. The maximum absolute atomic E-state index is 13.3. The molecule has 2 atom stereocenters. The van der Waals surface area contributed by atoms with Gasteiger partial charge in [-0.25, -0.2) is 4.39 Å². The summed E-state index contributed by atoms with van der Waals surface area (Å²) in [5, 5.41) is 5.53. The third-order valence-corrected chi connectivity index (χ3v) is 4.32. The van der Waals surface area contributed by atoms with Crippen LogP contribution in [0.5, 0.6) is 0 Å². The molecule has 124 valence electrons. The second kappa shape index (κ2) is 6.83. The zero-order chi connectivity index (χ0) is 17.1. The Labute approximate surface area is 140 Å². The van der Waals surface area contributed by atoms with Crippen molar-refractivity contribution in [2.45, 2.75) is 25.2 Å². The molecule has 0 fully saturated rings. The van der Waals surface area contributed by atoms with Gasteiger partial charge in [0.05, 0.1) is 5.92 Å². The van der Waals surface area contributed by atoms with Gasteiger partial charge in [-0.1, -0.05) is 43.3 Å². The predicted molar refractivity (Wildman–Crippen MR) is 90.3 cm³/mol. The van der Waals surface area contributed by atoms with Crippen LogP contribution >= 0.6 is 0 Å². The molecule has 0 radical (unpaired) electrons. The maximum Gasteiger partial charge on any atom is 0.228 e. The number of hydrogen-bond donors (Lipinski definition) is 2. The first-order valence-corrected chi connectivity index (χ1v) is 7.96. The first kappa shape index (κ1) is 16.2. The van der Waals surface area contributed by atoms with E-state index in [0.717, 1.165) is 5.56 Å². The van der Waals surface area contributed by atoms with Gasteiger partial charge < -0.3 is 10.6 Å². The lowest BCUT2D eigenvalue weighted by Gasteiger charge is -2.25. The van der Waals surface area contributed by atoms with Crippen LogP contribution < -0.4 is 10.6 Å². The summed E-state index contributed by atoms with van der Waals surface area (Å²) in [5.74, 6) is -1.34. The highest BCUT2D eigenvalue weighted by Gasteiger charge is 2.30. The van der Waals surface area contributed by atoms with Gasteiger partial charge in [-0.3, -0.25) is 9.59 Å². The molecule has 0 aliphatic carbocycles. The number of anilines is 1. The number of amides is 2. The summed E-state index contributed by atoms with van der Waals surface area (Å²) in [6, 6.07) is 14.0. The molecule has 0 unspecified atom stereocenters. The zero-order valence-corrected chi connectivity index (χ0v) is 13.4. The van der Waals surface area contributed by atoms with Crippen LogP contribution in [0.25, 0.3) is 0 Å². The van der Waals surface area contributed by atoms with E-state index in [1.54, 1.807) is 6.07 Å². The van der Waals surface area contributed by atoms with Crippen molar-refractivity contribution < 1.29 is 14.0 Å². The monoisotopic (exact) mass is 326 g/mol. The Morgan fingerprint density at radius 1 is 1.29 bits per heavy atom. The van der Waals surface area contributed by atoms with Gasteiger partial charge in [-0.2, -0.15) is 0 Å². The van der Waals surface area contributed by atoms with Crippen molar-refractivity contribution in [3.63, 3.8) is 0 Å². The summed E-state index contributed by atoms with van der Waals surface area (Å²) in [7, 11) is 0. The molecule has 3 rings (SSSR count). The molecule has 0 saturated carbocycles. The van der Waals surface area contributed by atoms with Crippen molar-refractivity contribution >= 4 is 17.5 Å². The highest BCUT2D eigenvalue weighted by atomic mass is 19.1. The number of nitrogens with one attached hydrogen (secondary N) is 2. The Kier molecular flexibility index (Phi) is 4.60. The summed E-state index contributed by atoms with van der Waals surface area (Å²) in [6.45, 7) is 2.52. The molecule has 0 saturated heterocycles. The first-order chi connectivity index (χ1) is 11.5. The summed E-state index contributed by atoms with van der Waals surface area (Å²) >= 11 is 0. The predicted octanol–water partition coefficient (Wildman–Crippen LogP) is 3.17. The number of carbonyl (C=O) groups is 2. The number of fused-ring (bicyclic) bond motifs is 1. The lowest BCUT2D eigenvalue weighted by Crippen LogP contribution is -2.36. The minimum absolute atomic E-state index is 0.0736. The number of rotatable bonds is 4. The van der Waals surface area contributed by atoms with Crippen molar-refractivity contribution in [2.75, 3.05) is 11.9 Å². The first-order valence-electron chi connectivity index (χ1n) is 7.96. The largest absolute Gasteiger partial charge is 0.355 e. The highest BCUT2D eigenvalue weighted by Crippen LogP contribution is 2.32. The van der Waals surface area contributed by atoms with E-state index in [1.807, 2.05) is 37.3 Å². The Hall–Kier alpha value is -2.69. The van der Waals surface area contributed by atoms with Crippen LogP contribution in [0.15, 0.2) is 48.5 Å². The molecule has 0 spiro atoms. The quantitative estimate of drug-likeness (QED) is 0.907. The van der Waals surface area contributed by atoms with E-state index in [9.17, 15) is 14.0 Å². The van der Waals surface area contributed by atoms with E-state index < -0.39 is 11.7 Å². The molecular formula is C19H19FN2O2. The van der Waals surface area contributed by atoms with Crippen LogP contribution in [-0.2, 0) is 9.59 Å². The van der Waals surface area contributed by atoms with Crippen LogP contribution in [0.4, 0.5) is 10.1 Å². The minimum atomic E-state index is -0.586. The van der Waals surface area contributed by atoms with Gasteiger partial charge in [-0.05, 0) is 29.2 Å². The molecule has 0 bridgehead atoms. The van der Waals surface area contributed by atoms with E-state index in [0.29, 0.717) is 17.8 Å². The number of carbonyl (C=O) groups excluding carboxylic acids is 2. The third kappa shape index (κ3) is 3.45. The van der Waals surface area contributed by atoms with E-state index in [1.165, 1.54) is 12.1 Å². The molecule has 1 aliphatic heterocycles. The van der Waals surface area contributed by atoms with Crippen LogP contribution in [0, 0.1) is 5.82 Å².